The molecule has 0 rings (SSSR count). The highest BCUT2D eigenvalue weighted by molar-refractivity contribution is 6.59. The van der Waals surface area contributed by atoms with Gasteiger partial charge in [-0.25, -0.2) is 14.4 Å². The van der Waals surface area contributed by atoms with E-state index in [0.29, 0.717) is 0 Å². The van der Waals surface area contributed by atoms with Gasteiger partial charge >= 0.3 is 26.7 Å². The molecule has 0 bridgehead atoms. The second-order valence-electron chi connectivity index (χ2n) is 5.40. The Kier molecular flexibility index (Phi) is 11.3. The average molecular weight is 394 g/mol. The Morgan fingerprint density at radius 1 is 0.654 bits per heavy atom. The molecule has 0 spiro atoms. The lowest BCUT2D eigenvalue weighted by Gasteiger charge is -2.32. The third-order valence-corrected chi connectivity index (χ3v) is 5.37. The number of carbonyl (C=O) groups excluding carboxylic acids is 3. The monoisotopic (exact) mass is 394 g/mol. The zero-order valence-corrected chi connectivity index (χ0v) is 17.5. The molecule has 0 fully saturated rings. The van der Waals surface area contributed by atoms with Crippen molar-refractivity contribution in [3.05, 3.63) is 0 Å². The summed E-state index contributed by atoms with van der Waals surface area (Å²) < 4.78 is 31.7. The molecule has 0 aromatic heterocycles. The normalized spacial score (nSPS) is 16.7. The lowest BCUT2D eigenvalue weighted by Crippen LogP contribution is -2.53. The maximum Gasteiger partial charge on any atom is 0.499 e. The third-order valence-electron chi connectivity index (χ3n) is 3.03. The van der Waals surface area contributed by atoms with Gasteiger partial charge in [-0.1, -0.05) is 0 Å². The van der Waals surface area contributed by atoms with Crippen molar-refractivity contribution in [2.45, 2.75) is 66.4 Å². The maximum absolute atomic E-state index is 11.8. The van der Waals surface area contributed by atoms with Gasteiger partial charge in [0.2, 0.25) is 0 Å². The van der Waals surface area contributed by atoms with Crippen molar-refractivity contribution >= 4 is 26.7 Å². The van der Waals surface area contributed by atoms with E-state index < -0.39 is 45.0 Å². The maximum atomic E-state index is 11.8. The van der Waals surface area contributed by atoms with E-state index in [-0.39, 0.29) is 19.8 Å². The molecule has 0 saturated heterocycles. The number of esters is 3. The molecule has 3 unspecified atom stereocenters. The number of rotatable bonds is 12. The summed E-state index contributed by atoms with van der Waals surface area (Å²) in [6.45, 7) is 11.5. The van der Waals surface area contributed by atoms with Crippen LogP contribution in [-0.4, -0.2) is 64.8 Å². The lowest BCUT2D eigenvalue weighted by atomic mass is 10.4. The summed E-state index contributed by atoms with van der Waals surface area (Å²) in [7, 11) is -3.62. The largest absolute Gasteiger partial charge is 0.499 e. The van der Waals surface area contributed by atoms with Crippen LogP contribution in [0.2, 0.25) is 6.55 Å². The highest BCUT2D eigenvalue weighted by Crippen LogP contribution is 2.19. The van der Waals surface area contributed by atoms with Crippen LogP contribution in [0.5, 0.6) is 0 Å². The minimum absolute atomic E-state index is 0.185. The molecular formula is C16H30O9Si. The Morgan fingerprint density at radius 2 is 0.885 bits per heavy atom. The second kappa shape index (κ2) is 12.0. The topological polar surface area (TPSA) is 107 Å². The fraction of sp³-hybridized carbons (Fsp3) is 0.812. The second-order valence-corrected chi connectivity index (χ2v) is 7.83. The SMILES string of the molecule is CCOC(=O)C(C)O[Si](C)(OC(C)C(=O)OCC)OC(C)C(=O)OCC. The molecule has 0 radical (unpaired) electrons. The average Bonchev–Trinajstić information content (AvgIpc) is 2.54. The van der Waals surface area contributed by atoms with Gasteiger partial charge in [-0.15, -0.1) is 0 Å². The van der Waals surface area contributed by atoms with Crippen LogP contribution in [-0.2, 0) is 41.9 Å². The van der Waals surface area contributed by atoms with Crippen LogP contribution in [0.4, 0.5) is 0 Å². The quantitative estimate of drug-likeness (QED) is 0.276. The predicted molar refractivity (Wildman–Crippen MR) is 93.2 cm³/mol. The van der Waals surface area contributed by atoms with Gasteiger partial charge < -0.3 is 27.5 Å². The van der Waals surface area contributed by atoms with Crippen LogP contribution in [0.25, 0.3) is 0 Å². The summed E-state index contributed by atoms with van der Waals surface area (Å²) in [5.74, 6) is -1.82. The van der Waals surface area contributed by atoms with Crippen molar-refractivity contribution < 1.29 is 41.9 Å². The smallest absolute Gasteiger partial charge is 0.464 e. The molecule has 0 heterocycles. The van der Waals surface area contributed by atoms with Crippen molar-refractivity contribution in [3.8, 4) is 0 Å². The van der Waals surface area contributed by atoms with Gasteiger partial charge in [0.05, 0.1) is 19.8 Å². The first kappa shape index (κ1) is 24.5. The molecule has 0 aliphatic rings. The Bertz CT molecular complexity index is 404. The zero-order chi connectivity index (χ0) is 20.3. The molecule has 26 heavy (non-hydrogen) atoms. The molecule has 10 heteroatoms. The summed E-state index contributed by atoms with van der Waals surface area (Å²) in [5.41, 5.74) is 0. The molecule has 0 aliphatic carbocycles. The molecule has 9 nitrogen and oxygen atoms in total. The van der Waals surface area contributed by atoms with Gasteiger partial charge in [0.15, 0.2) is 0 Å². The summed E-state index contributed by atoms with van der Waals surface area (Å²) in [6, 6.07) is 0. The zero-order valence-electron chi connectivity index (χ0n) is 16.5. The van der Waals surface area contributed by atoms with Crippen LogP contribution >= 0.6 is 0 Å². The Hall–Kier alpha value is -1.49. The predicted octanol–water partition coefficient (Wildman–Crippen LogP) is 1.46. The first-order chi connectivity index (χ1) is 12.1. The van der Waals surface area contributed by atoms with Gasteiger partial charge in [-0.3, -0.25) is 0 Å². The first-order valence-corrected chi connectivity index (χ1v) is 10.9. The fourth-order valence-corrected chi connectivity index (χ4v) is 4.35. The highest BCUT2D eigenvalue weighted by atomic mass is 28.4. The molecular weight excluding hydrogens is 364 g/mol. The van der Waals surface area contributed by atoms with Gasteiger partial charge in [-0.05, 0) is 41.5 Å². The van der Waals surface area contributed by atoms with E-state index in [1.165, 1.54) is 27.3 Å². The van der Waals surface area contributed by atoms with E-state index in [4.69, 9.17) is 27.5 Å². The number of hydrogen-bond donors (Lipinski definition) is 0. The summed E-state index contributed by atoms with van der Waals surface area (Å²) >= 11 is 0. The van der Waals surface area contributed by atoms with Crippen molar-refractivity contribution in [2.24, 2.45) is 0 Å². The molecule has 152 valence electrons. The minimum Gasteiger partial charge on any atom is -0.464 e. The van der Waals surface area contributed by atoms with Crippen molar-refractivity contribution in [3.63, 3.8) is 0 Å². The van der Waals surface area contributed by atoms with Gasteiger partial charge in [0.1, 0.15) is 18.3 Å². The van der Waals surface area contributed by atoms with E-state index in [1.807, 2.05) is 0 Å². The summed E-state index contributed by atoms with van der Waals surface area (Å²) in [5, 5.41) is 0. The van der Waals surface area contributed by atoms with Crippen LogP contribution in [0.1, 0.15) is 41.5 Å². The molecule has 0 aromatic carbocycles. The van der Waals surface area contributed by atoms with Crippen molar-refractivity contribution in [2.75, 3.05) is 19.8 Å². The van der Waals surface area contributed by atoms with Crippen LogP contribution in [0.15, 0.2) is 0 Å². The van der Waals surface area contributed by atoms with E-state index >= 15 is 0 Å². The molecule has 0 N–H and O–H groups in total. The molecule has 0 aliphatic heterocycles. The van der Waals surface area contributed by atoms with E-state index in [9.17, 15) is 14.4 Å². The Labute approximate surface area is 155 Å². The summed E-state index contributed by atoms with van der Waals surface area (Å²) in [4.78, 5) is 35.5. The van der Waals surface area contributed by atoms with Gasteiger partial charge in [-0.2, -0.15) is 0 Å². The van der Waals surface area contributed by atoms with E-state index in [2.05, 4.69) is 0 Å². The molecule has 0 saturated carbocycles. The van der Waals surface area contributed by atoms with Gasteiger partial charge in [0, 0.05) is 6.55 Å². The number of hydrogen-bond acceptors (Lipinski definition) is 9. The first-order valence-electron chi connectivity index (χ1n) is 8.63. The standard InChI is InChI=1S/C16H30O9Si/c1-8-20-14(17)11(4)23-26(7,24-12(5)15(18)21-9-2)25-13(6)16(19)22-10-3/h11-13H,8-10H2,1-7H3. The number of carbonyl (C=O) groups is 3. The Morgan fingerprint density at radius 3 is 1.08 bits per heavy atom. The highest BCUT2D eigenvalue weighted by Gasteiger charge is 2.45. The molecule has 3 atom stereocenters. The minimum atomic E-state index is -3.62. The van der Waals surface area contributed by atoms with Gasteiger partial charge in [0.25, 0.3) is 0 Å². The van der Waals surface area contributed by atoms with Crippen LogP contribution in [0.3, 0.4) is 0 Å². The third kappa shape index (κ3) is 8.74. The fourth-order valence-electron chi connectivity index (χ4n) is 1.97. The lowest BCUT2D eigenvalue weighted by molar-refractivity contribution is -0.160. The summed E-state index contributed by atoms with van der Waals surface area (Å²) in [6.07, 6.45) is -3.01. The van der Waals surface area contributed by atoms with Crippen LogP contribution < -0.4 is 0 Å². The number of ether oxygens (including phenoxy) is 3. The molecule has 0 amide bonds. The van der Waals surface area contributed by atoms with Crippen molar-refractivity contribution in [1.82, 2.24) is 0 Å². The van der Waals surface area contributed by atoms with Crippen molar-refractivity contribution in [1.29, 1.82) is 0 Å². The van der Waals surface area contributed by atoms with E-state index in [0.717, 1.165) is 0 Å². The van der Waals surface area contributed by atoms with E-state index in [1.54, 1.807) is 20.8 Å². The Balaban J connectivity index is 5.25. The van der Waals surface area contributed by atoms with Crippen LogP contribution in [0, 0.1) is 0 Å². The molecule has 0 aromatic rings.